The summed E-state index contributed by atoms with van der Waals surface area (Å²) in [5.74, 6) is -4.94. The van der Waals surface area contributed by atoms with Gasteiger partial charge in [-0.3, -0.25) is 0 Å². The van der Waals surface area contributed by atoms with Crippen molar-refractivity contribution >= 4 is 0 Å². The van der Waals surface area contributed by atoms with Crippen LogP contribution in [0, 0.1) is 0 Å². The highest BCUT2D eigenvalue weighted by molar-refractivity contribution is 5.32. The van der Waals surface area contributed by atoms with Crippen molar-refractivity contribution in [2.45, 2.75) is 57.2 Å². The molecule has 6 heteroatoms. The Balaban J connectivity index is 3.08. The Labute approximate surface area is 120 Å². The number of aliphatic hydroxyl groups is 1. The first-order valence-corrected chi connectivity index (χ1v) is 6.76. The zero-order chi connectivity index (χ0) is 16.3. The fourth-order valence-corrected chi connectivity index (χ4v) is 2.26. The second-order valence-corrected chi connectivity index (χ2v) is 5.41. The van der Waals surface area contributed by atoms with Crippen LogP contribution in [0.15, 0.2) is 24.3 Å². The standard InChI is InChI=1S/C15H19F5O/c1-3-4-7-11-8-5-6-9-12(11)13(2,21)10-14(16,17)15(18,19)20/h5-6,8-9,21H,3-4,7,10H2,1-2H3. The van der Waals surface area contributed by atoms with Crippen LogP contribution in [0.3, 0.4) is 0 Å². The quantitative estimate of drug-likeness (QED) is 0.747. The first-order valence-electron chi connectivity index (χ1n) is 6.76. The third kappa shape index (κ3) is 4.40. The van der Waals surface area contributed by atoms with Crippen molar-refractivity contribution in [3.8, 4) is 0 Å². The Morgan fingerprint density at radius 3 is 2.14 bits per heavy atom. The molecule has 1 rings (SSSR count). The third-order valence-corrected chi connectivity index (χ3v) is 3.38. The van der Waals surface area contributed by atoms with E-state index in [1.165, 1.54) is 12.1 Å². The summed E-state index contributed by atoms with van der Waals surface area (Å²) in [5, 5.41) is 10.2. The fourth-order valence-electron chi connectivity index (χ4n) is 2.26. The largest absolute Gasteiger partial charge is 0.453 e. The van der Waals surface area contributed by atoms with Gasteiger partial charge in [-0.15, -0.1) is 0 Å². The Hall–Kier alpha value is -1.17. The van der Waals surface area contributed by atoms with E-state index in [1.54, 1.807) is 12.1 Å². The first-order chi connectivity index (χ1) is 9.51. The lowest BCUT2D eigenvalue weighted by atomic mass is 9.85. The lowest BCUT2D eigenvalue weighted by Crippen LogP contribution is -2.43. The smallest absolute Gasteiger partial charge is 0.385 e. The zero-order valence-electron chi connectivity index (χ0n) is 12.0. The summed E-state index contributed by atoms with van der Waals surface area (Å²) in [7, 11) is 0. The molecule has 1 aromatic carbocycles. The fraction of sp³-hybridized carbons (Fsp3) is 0.600. The van der Waals surface area contributed by atoms with Crippen molar-refractivity contribution in [1.29, 1.82) is 0 Å². The molecule has 0 amide bonds. The van der Waals surface area contributed by atoms with Crippen LogP contribution in [0.2, 0.25) is 0 Å². The predicted octanol–water partition coefficient (Wildman–Crippen LogP) is 4.82. The highest BCUT2D eigenvalue weighted by Gasteiger charge is 2.60. The molecule has 1 atom stereocenters. The summed E-state index contributed by atoms with van der Waals surface area (Å²) in [4.78, 5) is 0. The van der Waals surface area contributed by atoms with E-state index in [0.717, 1.165) is 19.8 Å². The molecule has 0 aromatic heterocycles. The molecule has 120 valence electrons. The van der Waals surface area contributed by atoms with Gasteiger partial charge in [-0.05, 0) is 30.9 Å². The Bertz CT molecular complexity index is 465. The minimum atomic E-state index is -5.67. The number of alkyl halides is 5. The SMILES string of the molecule is CCCCc1ccccc1C(C)(O)CC(F)(F)C(F)(F)F. The van der Waals surface area contributed by atoms with Gasteiger partial charge in [0.15, 0.2) is 0 Å². The third-order valence-electron chi connectivity index (χ3n) is 3.38. The van der Waals surface area contributed by atoms with Crippen LogP contribution in [0.4, 0.5) is 22.0 Å². The van der Waals surface area contributed by atoms with E-state index in [1.807, 2.05) is 6.92 Å². The van der Waals surface area contributed by atoms with Gasteiger partial charge in [0.05, 0.1) is 12.0 Å². The van der Waals surface area contributed by atoms with Crippen molar-refractivity contribution in [3.05, 3.63) is 35.4 Å². The van der Waals surface area contributed by atoms with E-state index in [4.69, 9.17) is 0 Å². The van der Waals surface area contributed by atoms with E-state index in [-0.39, 0.29) is 5.56 Å². The molecular weight excluding hydrogens is 291 g/mol. The van der Waals surface area contributed by atoms with Gasteiger partial charge < -0.3 is 5.11 Å². The molecule has 0 saturated heterocycles. The Morgan fingerprint density at radius 1 is 1.05 bits per heavy atom. The molecule has 0 radical (unpaired) electrons. The van der Waals surface area contributed by atoms with Gasteiger partial charge in [-0.2, -0.15) is 22.0 Å². The maximum atomic E-state index is 13.2. The van der Waals surface area contributed by atoms with Crippen LogP contribution in [-0.4, -0.2) is 17.2 Å². The lowest BCUT2D eigenvalue weighted by Gasteiger charge is -2.31. The van der Waals surface area contributed by atoms with Crippen LogP contribution in [0.25, 0.3) is 0 Å². The predicted molar refractivity (Wildman–Crippen MR) is 70.2 cm³/mol. The summed E-state index contributed by atoms with van der Waals surface area (Å²) in [6, 6.07) is 6.24. The van der Waals surface area contributed by atoms with Gasteiger partial charge >= 0.3 is 12.1 Å². The van der Waals surface area contributed by atoms with E-state index in [2.05, 4.69) is 0 Å². The number of hydrogen-bond acceptors (Lipinski definition) is 1. The minimum Gasteiger partial charge on any atom is -0.385 e. The van der Waals surface area contributed by atoms with Crippen LogP contribution in [0.1, 0.15) is 44.2 Å². The summed E-state index contributed by atoms with van der Waals surface area (Å²) >= 11 is 0. The van der Waals surface area contributed by atoms with Gasteiger partial charge in [-0.1, -0.05) is 37.6 Å². The van der Waals surface area contributed by atoms with Gasteiger partial charge in [0.25, 0.3) is 0 Å². The van der Waals surface area contributed by atoms with Crippen LogP contribution in [-0.2, 0) is 12.0 Å². The molecule has 0 aliphatic heterocycles. The molecule has 21 heavy (non-hydrogen) atoms. The lowest BCUT2D eigenvalue weighted by molar-refractivity contribution is -0.297. The number of benzene rings is 1. The van der Waals surface area contributed by atoms with Crippen molar-refractivity contribution in [2.24, 2.45) is 0 Å². The van der Waals surface area contributed by atoms with Crippen molar-refractivity contribution in [2.75, 3.05) is 0 Å². The van der Waals surface area contributed by atoms with Gasteiger partial charge in [0, 0.05) is 0 Å². The highest BCUT2D eigenvalue weighted by Crippen LogP contribution is 2.44. The minimum absolute atomic E-state index is 0.127. The van der Waals surface area contributed by atoms with Gasteiger partial charge in [-0.25, -0.2) is 0 Å². The molecule has 1 aromatic rings. The monoisotopic (exact) mass is 310 g/mol. The second kappa shape index (κ2) is 6.30. The van der Waals surface area contributed by atoms with E-state index in [9.17, 15) is 27.1 Å². The number of unbranched alkanes of at least 4 members (excludes halogenated alkanes) is 1. The van der Waals surface area contributed by atoms with Crippen molar-refractivity contribution in [1.82, 2.24) is 0 Å². The Kier molecular flexibility index (Phi) is 5.36. The molecule has 1 unspecified atom stereocenters. The topological polar surface area (TPSA) is 20.2 Å². The summed E-state index contributed by atoms with van der Waals surface area (Å²) in [6.45, 7) is 2.94. The molecule has 1 nitrogen and oxygen atoms in total. The molecule has 0 fully saturated rings. The number of rotatable bonds is 6. The molecule has 0 aliphatic rings. The molecule has 0 bridgehead atoms. The normalized spacial score (nSPS) is 15.8. The second-order valence-electron chi connectivity index (χ2n) is 5.41. The average Bonchev–Trinajstić information content (AvgIpc) is 2.34. The van der Waals surface area contributed by atoms with E-state index < -0.39 is 24.1 Å². The zero-order valence-corrected chi connectivity index (χ0v) is 12.0. The van der Waals surface area contributed by atoms with E-state index >= 15 is 0 Å². The maximum Gasteiger partial charge on any atom is 0.453 e. The molecule has 0 saturated carbocycles. The number of halogens is 5. The maximum absolute atomic E-state index is 13.2. The molecular formula is C15H19F5O. The van der Waals surface area contributed by atoms with Crippen molar-refractivity contribution < 1.29 is 27.1 Å². The number of hydrogen-bond donors (Lipinski definition) is 1. The van der Waals surface area contributed by atoms with Crippen molar-refractivity contribution in [3.63, 3.8) is 0 Å². The molecule has 1 N–H and O–H groups in total. The molecule has 0 aliphatic carbocycles. The van der Waals surface area contributed by atoms with Crippen LogP contribution < -0.4 is 0 Å². The van der Waals surface area contributed by atoms with Gasteiger partial charge in [0.2, 0.25) is 0 Å². The van der Waals surface area contributed by atoms with E-state index in [0.29, 0.717) is 12.0 Å². The summed E-state index contributed by atoms with van der Waals surface area (Å²) in [5.41, 5.74) is -1.52. The summed E-state index contributed by atoms with van der Waals surface area (Å²) in [6.07, 6.45) is -5.21. The highest BCUT2D eigenvalue weighted by atomic mass is 19.4. The Morgan fingerprint density at radius 2 is 1.62 bits per heavy atom. The summed E-state index contributed by atoms with van der Waals surface area (Å²) < 4.78 is 63.4. The average molecular weight is 310 g/mol. The van der Waals surface area contributed by atoms with Crippen LogP contribution >= 0.6 is 0 Å². The van der Waals surface area contributed by atoms with Gasteiger partial charge in [0.1, 0.15) is 0 Å². The first kappa shape index (κ1) is 17.9. The molecule has 0 heterocycles. The number of aryl methyl sites for hydroxylation is 1. The molecule has 0 spiro atoms. The van der Waals surface area contributed by atoms with Crippen LogP contribution in [0.5, 0.6) is 0 Å².